The van der Waals surface area contributed by atoms with E-state index in [0.29, 0.717) is 18.8 Å². The van der Waals surface area contributed by atoms with E-state index in [-0.39, 0.29) is 18.4 Å². The Bertz CT molecular complexity index is 726. The summed E-state index contributed by atoms with van der Waals surface area (Å²) in [5, 5.41) is 2.85. The Morgan fingerprint density at radius 3 is 2.40 bits per heavy atom. The molecule has 0 unspecified atom stereocenters. The first-order valence-electron chi connectivity index (χ1n) is 8.19. The van der Waals surface area contributed by atoms with Gasteiger partial charge >= 0.3 is 0 Å². The summed E-state index contributed by atoms with van der Waals surface area (Å²) in [6.07, 6.45) is 0. The third-order valence-electron chi connectivity index (χ3n) is 3.94. The highest BCUT2D eigenvalue weighted by atomic mass is 16.5. The van der Waals surface area contributed by atoms with Crippen molar-refractivity contribution in [2.24, 2.45) is 0 Å². The van der Waals surface area contributed by atoms with Gasteiger partial charge in [-0.2, -0.15) is 0 Å². The van der Waals surface area contributed by atoms with Gasteiger partial charge in [-0.05, 0) is 18.6 Å². The normalized spacial score (nSPS) is 10.2. The Morgan fingerprint density at radius 2 is 1.76 bits per heavy atom. The van der Waals surface area contributed by atoms with Crippen LogP contribution in [-0.4, -0.2) is 30.4 Å². The maximum Gasteiger partial charge on any atom is 0.239 e. The van der Waals surface area contributed by atoms with Gasteiger partial charge in [0.15, 0.2) is 0 Å². The number of carbonyl (C=O) groups is 2. The number of nitrogens with one attached hydrogen (secondary N) is 1. The Labute approximate surface area is 148 Å². The Balaban J connectivity index is 1.95. The van der Waals surface area contributed by atoms with Crippen LogP contribution in [-0.2, 0) is 22.7 Å². The van der Waals surface area contributed by atoms with Crippen molar-refractivity contribution in [2.45, 2.75) is 26.9 Å². The molecule has 5 nitrogen and oxygen atoms in total. The van der Waals surface area contributed by atoms with E-state index in [0.717, 1.165) is 11.1 Å². The zero-order valence-corrected chi connectivity index (χ0v) is 14.9. The van der Waals surface area contributed by atoms with E-state index in [4.69, 9.17) is 4.74 Å². The summed E-state index contributed by atoms with van der Waals surface area (Å²) < 4.78 is 5.31. The Hall–Kier alpha value is -2.82. The molecule has 0 aliphatic carbocycles. The van der Waals surface area contributed by atoms with Crippen LogP contribution in [0.4, 0.5) is 0 Å². The highest BCUT2D eigenvalue weighted by Gasteiger charge is 2.16. The number of rotatable bonds is 7. The van der Waals surface area contributed by atoms with E-state index >= 15 is 0 Å². The predicted molar refractivity (Wildman–Crippen MR) is 97.1 cm³/mol. The summed E-state index contributed by atoms with van der Waals surface area (Å²) in [6, 6.07) is 15.4. The number of aryl methyl sites for hydroxylation is 1. The number of para-hydroxylation sites is 1. The van der Waals surface area contributed by atoms with E-state index in [9.17, 15) is 9.59 Å². The van der Waals surface area contributed by atoms with Crippen LogP contribution in [0.15, 0.2) is 48.5 Å². The van der Waals surface area contributed by atoms with Gasteiger partial charge in [-0.15, -0.1) is 0 Å². The fourth-order valence-corrected chi connectivity index (χ4v) is 2.45. The van der Waals surface area contributed by atoms with E-state index in [1.54, 1.807) is 7.11 Å². The van der Waals surface area contributed by atoms with Crippen molar-refractivity contribution in [1.29, 1.82) is 0 Å². The van der Waals surface area contributed by atoms with Gasteiger partial charge < -0.3 is 15.0 Å². The molecule has 0 fully saturated rings. The van der Waals surface area contributed by atoms with Crippen molar-refractivity contribution in [3.05, 3.63) is 65.2 Å². The largest absolute Gasteiger partial charge is 0.496 e. The SMILES string of the molecule is COc1ccccc1CN(CC(=O)NCc1ccc(C)cc1)C(C)=O. The molecule has 0 bridgehead atoms. The first-order chi connectivity index (χ1) is 12.0. The van der Waals surface area contributed by atoms with Gasteiger partial charge in [0.05, 0.1) is 13.7 Å². The molecule has 5 heteroatoms. The van der Waals surface area contributed by atoms with Crippen molar-refractivity contribution in [3.63, 3.8) is 0 Å². The second kappa shape index (κ2) is 8.87. The lowest BCUT2D eigenvalue weighted by atomic mass is 10.1. The molecular weight excluding hydrogens is 316 g/mol. The minimum Gasteiger partial charge on any atom is -0.496 e. The summed E-state index contributed by atoms with van der Waals surface area (Å²) in [5.41, 5.74) is 3.07. The molecule has 0 radical (unpaired) electrons. The molecule has 2 aromatic carbocycles. The van der Waals surface area contributed by atoms with Gasteiger partial charge in [0.2, 0.25) is 11.8 Å². The standard InChI is InChI=1S/C20H24N2O3/c1-15-8-10-17(11-9-15)12-21-20(24)14-22(16(2)23)13-18-6-4-5-7-19(18)25-3/h4-11H,12-14H2,1-3H3,(H,21,24). The van der Waals surface area contributed by atoms with Gasteiger partial charge in [-0.1, -0.05) is 48.0 Å². The van der Waals surface area contributed by atoms with Crippen LogP contribution in [0.1, 0.15) is 23.6 Å². The van der Waals surface area contributed by atoms with Crippen molar-refractivity contribution < 1.29 is 14.3 Å². The minimum absolute atomic E-state index is 0.0131. The average Bonchev–Trinajstić information content (AvgIpc) is 2.61. The molecule has 0 aromatic heterocycles. The highest BCUT2D eigenvalue weighted by Crippen LogP contribution is 2.19. The monoisotopic (exact) mass is 340 g/mol. The summed E-state index contributed by atoms with van der Waals surface area (Å²) >= 11 is 0. The summed E-state index contributed by atoms with van der Waals surface area (Å²) in [4.78, 5) is 25.6. The molecule has 0 saturated carbocycles. The number of benzene rings is 2. The number of amides is 2. The molecule has 0 saturated heterocycles. The van der Waals surface area contributed by atoms with Crippen LogP contribution in [0.25, 0.3) is 0 Å². The minimum atomic E-state index is -0.189. The number of hydrogen-bond donors (Lipinski definition) is 1. The first kappa shape index (κ1) is 18.5. The molecule has 2 rings (SSSR count). The first-order valence-corrected chi connectivity index (χ1v) is 8.19. The fraction of sp³-hybridized carbons (Fsp3) is 0.300. The molecule has 132 valence electrons. The molecule has 2 amide bonds. The second-order valence-electron chi connectivity index (χ2n) is 5.95. The van der Waals surface area contributed by atoms with Crippen molar-refractivity contribution in [1.82, 2.24) is 10.2 Å². The molecule has 2 aromatic rings. The number of hydrogen-bond acceptors (Lipinski definition) is 3. The van der Waals surface area contributed by atoms with E-state index in [1.807, 2.05) is 55.5 Å². The molecule has 0 spiro atoms. The van der Waals surface area contributed by atoms with E-state index < -0.39 is 0 Å². The number of ether oxygens (including phenoxy) is 1. The number of methoxy groups -OCH3 is 1. The molecular formula is C20H24N2O3. The molecule has 0 aliphatic heterocycles. The maximum atomic E-state index is 12.2. The zero-order chi connectivity index (χ0) is 18.2. The zero-order valence-electron chi connectivity index (χ0n) is 14.9. The lowest BCUT2D eigenvalue weighted by molar-refractivity contribution is -0.135. The maximum absolute atomic E-state index is 12.2. The lowest BCUT2D eigenvalue weighted by Gasteiger charge is -2.21. The molecule has 25 heavy (non-hydrogen) atoms. The fourth-order valence-electron chi connectivity index (χ4n) is 2.45. The summed E-state index contributed by atoms with van der Waals surface area (Å²) in [5.74, 6) is 0.357. The van der Waals surface area contributed by atoms with Gasteiger partial charge in [-0.3, -0.25) is 9.59 Å². The lowest BCUT2D eigenvalue weighted by Crippen LogP contribution is -2.39. The topological polar surface area (TPSA) is 58.6 Å². The van der Waals surface area contributed by atoms with Crippen LogP contribution in [0.3, 0.4) is 0 Å². The van der Waals surface area contributed by atoms with Crippen LogP contribution < -0.4 is 10.1 Å². The number of nitrogens with zero attached hydrogens (tertiary/aromatic N) is 1. The van der Waals surface area contributed by atoms with Gasteiger partial charge in [0.1, 0.15) is 5.75 Å². The van der Waals surface area contributed by atoms with Crippen molar-refractivity contribution in [3.8, 4) is 5.75 Å². The van der Waals surface area contributed by atoms with Crippen molar-refractivity contribution in [2.75, 3.05) is 13.7 Å². The van der Waals surface area contributed by atoms with Crippen LogP contribution in [0.5, 0.6) is 5.75 Å². The number of carbonyl (C=O) groups excluding carboxylic acids is 2. The van der Waals surface area contributed by atoms with Crippen LogP contribution >= 0.6 is 0 Å². The predicted octanol–water partition coefficient (Wildman–Crippen LogP) is 2.67. The summed E-state index contributed by atoms with van der Waals surface area (Å²) in [6.45, 7) is 4.27. The molecule has 1 N–H and O–H groups in total. The quantitative estimate of drug-likeness (QED) is 0.843. The average molecular weight is 340 g/mol. The van der Waals surface area contributed by atoms with Crippen molar-refractivity contribution >= 4 is 11.8 Å². The smallest absolute Gasteiger partial charge is 0.239 e. The third kappa shape index (κ3) is 5.64. The van der Waals surface area contributed by atoms with Gasteiger partial charge in [0, 0.05) is 25.6 Å². The van der Waals surface area contributed by atoms with Crippen LogP contribution in [0.2, 0.25) is 0 Å². The van der Waals surface area contributed by atoms with E-state index in [2.05, 4.69) is 5.32 Å². The highest BCUT2D eigenvalue weighted by molar-refractivity contribution is 5.83. The molecule has 0 heterocycles. The second-order valence-corrected chi connectivity index (χ2v) is 5.95. The molecule has 0 atom stereocenters. The van der Waals surface area contributed by atoms with Gasteiger partial charge in [0.25, 0.3) is 0 Å². The Kier molecular flexibility index (Phi) is 6.57. The van der Waals surface area contributed by atoms with Gasteiger partial charge in [-0.25, -0.2) is 0 Å². The summed E-state index contributed by atoms with van der Waals surface area (Å²) in [7, 11) is 1.59. The van der Waals surface area contributed by atoms with Crippen LogP contribution in [0, 0.1) is 6.92 Å². The molecule has 0 aliphatic rings. The Morgan fingerprint density at radius 1 is 1.08 bits per heavy atom. The third-order valence-corrected chi connectivity index (χ3v) is 3.94. The van der Waals surface area contributed by atoms with E-state index in [1.165, 1.54) is 17.4 Å².